The predicted molar refractivity (Wildman–Crippen MR) is 77.4 cm³/mol. The van der Waals surface area contributed by atoms with Crippen LogP contribution in [0.4, 0.5) is 5.82 Å². The van der Waals surface area contributed by atoms with Crippen molar-refractivity contribution in [3.63, 3.8) is 0 Å². The van der Waals surface area contributed by atoms with E-state index in [1.807, 2.05) is 13.0 Å². The summed E-state index contributed by atoms with van der Waals surface area (Å²) in [4.78, 5) is 8.48. The molecule has 1 atom stereocenters. The molecule has 2 N–H and O–H groups in total. The van der Waals surface area contributed by atoms with Crippen LogP contribution in [-0.2, 0) is 0 Å². The third kappa shape index (κ3) is 2.75. The SMILES string of the molecule is CCC(CO)Nc1ncnc2cc(OC)c(OC)cc12. The summed E-state index contributed by atoms with van der Waals surface area (Å²) in [5, 5.41) is 13.3. The van der Waals surface area contributed by atoms with Crippen molar-refractivity contribution in [2.75, 3.05) is 26.1 Å². The Morgan fingerprint density at radius 3 is 2.50 bits per heavy atom. The number of hydrogen-bond acceptors (Lipinski definition) is 6. The molecule has 0 aliphatic carbocycles. The summed E-state index contributed by atoms with van der Waals surface area (Å²) in [6.45, 7) is 2.05. The molecule has 108 valence electrons. The smallest absolute Gasteiger partial charge is 0.162 e. The van der Waals surface area contributed by atoms with Crippen LogP contribution in [0.1, 0.15) is 13.3 Å². The monoisotopic (exact) mass is 277 g/mol. The zero-order chi connectivity index (χ0) is 14.5. The van der Waals surface area contributed by atoms with Crippen molar-refractivity contribution in [1.82, 2.24) is 9.97 Å². The van der Waals surface area contributed by atoms with E-state index in [0.717, 1.165) is 17.3 Å². The highest BCUT2D eigenvalue weighted by molar-refractivity contribution is 5.91. The van der Waals surface area contributed by atoms with Gasteiger partial charge in [0.15, 0.2) is 11.5 Å². The number of fused-ring (bicyclic) bond motifs is 1. The fourth-order valence-corrected chi connectivity index (χ4v) is 1.97. The second-order valence-electron chi connectivity index (χ2n) is 4.38. The van der Waals surface area contributed by atoms with Gasteiger partial charge in [0.2, 0.25) is 0 Å². The number of aliphatic hydroxyl groups excluding tert-OH is 1. The summed E-state index contributed by atoms with van der Waals surface area (Å²) in [5.74, 6) is 1.92. The highest BCUT2D eigenvalue weighted by Gasteiger charge is 2.13. The molecule has 0 saturated carbocycles. The van der Waals surface area contributed by atoms with Crippen molar-refractivity contribution in [2.45, 2.75) is 19.4 Å². The number of nitrogens with one attached hydrogen (secondary N) is 1. The molecule has 0 radical (unpaired) electrons. The van der Waals surface area contributed by atoms with Gasteiger partial charge < -0.3 is 19.9 Å². The first-order valence-electron chi connectivity index (χ1n) is 6.47. The Kier molecular flexibility index (Phi) is 4.57. The van der Waals surface area contributed by atoms with E-state index in [9.17, 15) is 5.11 Å². The molecular formula is C14H19N3O3. The summed E-state index contributed by atoms with van der Waals surface area (Å²) >= 11 is 0. The first kappa shape index (κ1) is 14.3. The number of hydrogen-bond donors (Lipinski definition) is 2. The molecule has 6 nitrogen and oxygen atoms in total. The summed E-state index contributed by atoms with van der Waals surface area (Å²) in [6, 6.07) is 3.60. The first-order chi connectivity index (χ1) is 9.73. The Morgan fingerprint density at radius 2 is 1.90 bits per heavy atom. The lowest BCUT2D eigenvalue weighted by Gasteiger charge is -2.16. The average Bonchev–Trinajstić information content (AvgIpc) is 2.51. The Bertz CT molecular complexity index is 585. The lowest BCUT2D eigenvalue weighted by Crippen LogP contribution is -2.23. The van der Waals surface area contributed by atoms with Crippen LogP contribution in [0.2, 0.25) is 0 Å². The van der Waals surface area contributed by atoms with Crippen LogP contribution in [0.15, 0.2) is 18.5 Å². The van der Waals surface area contributed by atoms with Gasteiger partial charge in [-0.2, -0.15) is 0 Å². The van der Waals surface area contributed by atoms with Crippen LogP contribution in [-0.4, -0.2) is 41.9 Å². The van der Waals surface area contributed by atoms with E-state index in [2.05, 4.69) is 15.3 Å². The molecule has 0 saturated heterocycles. The number of aromatic nitrogens is 2. The average molecular weight is 277 g/mol. The summed E-state index contributed by atoms with van der Waals surface area (Å²) in [6.07, 6.45) is 2.29. The molecule has 6 heteroatoms. The van der Waals surface area contributed by atoms with Crippen LogP contribution in [0.5, 0.6) is 11.5 Å². The topological polar surface area (TPSA) is 76.5 Å². The Hall–Kier alpha value is -2.08. The molecule has 1 heterocycles. The molecule has 1 aromatic carbocycles. The van der Waals surface area contributed by atoms with Crippen LogP contribution in [0.25, 0.3) is 10.9 Å². The van der Waals surface area contributed by atoms with Gasteiger partial charge in [0.1, 0.15) is 12.1 Å². The van der Waals surface area contributed by atoms with E-state index >= 15 is 0 Å². The maximum atomic E-state index is 9.29. The molecular weight excluding hydrogens is 258 g/mol. The molecule has 0 aliphatic rings. The van der Waals surface area contributed by atoms with E-state index in [0.29, 0.717) is 17.3 Å². The number of benzene rings is 1. The zero-order valence-corrected chi connectivity index (χ0v) is 11.9. The standard InChI is InChI=1S/C14H19N3O3/c1-4-9(7-18)17-14-10-5-12(19-2)13(20-3)6-11(10)15-8-16-14/h5-6,8-9,18H,4,7H2,1-3H3,(H,15,16,17). The van der Waals surface area contributed by atoms with Gasteiger partial charge in [0.25, 0.3) is 0 Å². The zero-order valence-electron chi connectivity index (χ0n) is 11.9. The maximum Gasteiger partial charge on any atom is 0.162 e. The lowest BCUT2D eigenvalue weighted by atomic mass is 10.2. The second-order valence-corrected chi connectivity index (χ2v) is 4.38. The number of methoxy groups -OCH3 is 2. The van der Waals surface area contributed by atoms with E-state index in [-0.39, 0.29) is 12.6 Å². The molecule has 1 aromatic heterocycles. The third-order valence-corrected chi connectivity index (χ3v) is 3.19. The molecule has 2 aromatic rings. The van der Waals surface area contributed by atoms with Crippen LogP contribution < -0.4 is 14.8 Å². The summed E-state index contributed by atoms with van der Waals surface area (Å²) in [7, 11) is 3.17. The molecule has 0 spiro atoms. The number of nitrogens with zero attached hydrogens (tertiary/aromatic N) is 2. The number of aliphatic hydroxyl groups is 1. The van der Waals surface area contributed by atoms with Gasteiger partial charge in [0.05, 0.1) is 32.4 Å². The molecule has 2 rings (SSSR count). The molecule has 1 unspecified atom stereocenters. The Labute approximate surface area is 117 Å². The first-order valence-corrected chi connectivity index (χ1v) is 6.47. The minimum atomic E-state index is -0.0406. The molecule has 0 bridgehead atoms. The van der Waals surface area contributed by atoms with E-state index in [1.54, 1.807) is 20.3 Å². The van der Waals surface area contributed by atoms with Crippen molar-refractivity contribution in [1.29, 1.82) is 0 Å². The highest BCUT2D eigenvalue weighted by Crippen LogP contribution is 2.33. The lowest BCUT2D eigenvalue weighted by molar-refractivity contribution is 0.271. The quantitative estimate of drug-likeness (QED) is 0.839. The fraction of sp³-hybridized carbons (Fsp3) is 0.429. The normalized spacial score (nSPS) is 12.2. The molecule has 0 fully saturated rings. The van der Waals surface area contributed by atoms with E-state index < -0.39 is 0 Å². The van der Waals surface area contributed by atoms with Crippen LogP contribution in [0.3, 0.4) is 0 Å². The summed E-state index contributed by atoms with van der Waals surface area (Å²) < 4.78 is 10.6. The molecule has 20 heavy (non-hydrogen) atoms. The minimum absolute atomic E-state index is 0.0406. The summed E-state index contributed by atoms with van der Waals surface area (Å²) in [5.41, 5.74) is 0.757. The van der Waals surface area contributed by atoms with Crippen LogP contribution in [0, 0.1) is 0 Å². The third-order valence-electron chi connectivity index (χ3n) is 3.19. The van der Waals surface area contributed by atoms with Crippen molar-refractivity contribution in [3.8, 4) is 11.5 Å². The van der Waals surface area contributed by atoms with Gasteiger partial charge in [0, 0.05) is 11.5 Å². The number of ether oxygens (including phenoxy) is 2. The van der Waals surface area contributed by atoms with Crippen molar-refractivity contribution < 1.29 is 14.6 Å². The Balaban J connectivity index is 2.50. The maximum absolute atomic E-state index is 9.29. The van der Waals surface area contributed by atoms with Gasteiger partial charge in [-0.05, 0) is 12.5 Å². The number of anilines is 1. The van der Waals surface area contributed by atoms with Crippen molar-refractivity contribution in [2.24, 2.45) is 0 Å². The number of rotatable bonds is 6. The predicted octanol–water partition coefficient (Wildman–Crippen LogP) is 1.83. The van der Waals surface area contributed by atoms with Crippen LogP contribution >= 0.6 is 0 Å². The minimum Gasteiger partial charge on any atom is -0.493 e. The van der Waals surface area contributed by atoms with E-state index in [1.165, 1.54) is 6.33 Å². The Morgan fingerprint density at radius 1 is 1.20 bits per heavy atom. The molecule has 0 amide bonds. The van der Waals surface area contributed by atoms with Crippen molar-refractivity contribution in [3.05, 3.63) is 18.5 Å². The van der Waals surface area contributed by atoms with Gasteiger partial charge in [-0.15, -0.1) is 0 Å². The van der Waals surface area contributed by atoms with E-state index in [4.69, 9.17) is 9.47 Å². The van der Waals surface area contributed by atoms with Gasteiger partial charge in [-0.1, -0.05) is 6.92 Å². The van der Waals surface area contributed by atoms with Gasteiger partial charge in [-0.3, -0.25) is 0 Å². The van der Waals surface area contributed by atoms with Crippen molar-refractivity contribution >= 4 is 16.7 Å². The van der Waals surface area contributed by atoms with Gasteiger partial charge in [-0.25, -0.2) is 9.97 Å². The molecule has 0 aliphatic heterocycles. The second kappa shape index (κ2) is 6.38. The highest BCUT2D eigenvalue weighted by atomic mass is 16.5. The fourth-order valence-electron chi connectivity index (χ4n) is 1.97. The largest absolute Gasteiger partial charge is 0.493 e. The van der Waals surface area contributed by atoms with Gasteiger partial charge >= 0.3 is 0 Å².